The Kier molecular flexibility index (Phi) is 5.96. The van der Waals surface area contributed by atoms with Crippen molar-refractivity contribution in [3.63, 3.8) is 0 Å². The number of halogens is 3. The first-order chi connectivity index (χ1) is 13.1. The first-order valence-corrected chi connectivity index (χ1v) is 10.8. The summed E-state index contributed by atoms with van der Waals surface area (Å²) in [6, 6.07) is 0. The predicted octanol–water partition coefficient (Wildman–Crippen LogP) is 3.13. The van der Waals surface area contributed by atoms with Crippen molar-refractivity contribution in [1.29, 1.82) is 0 Å². The minimum Gasteiger partial charge on any atom is -0.369 e. The fraction of sp³-hybridized carbons (Fsp3) is 0.533. The van der Waals surface area contributed by atoms with E-state index in [0.29, 0.717) is 16.5 Å². The fourth-order valence-corrected chi connectivity index (χ4v) is 5.41. The number of thiazole rings is 1. The Labute approximate surface area is 170 Å². The maximum Gasteiger partial charge on any atom is 0.400 e. The number of hydrogen-bond donors (Lipinski definition) is 2. The Bertz CT molecular complexity index is 878. The molecule has 2 aromatic rings. The number of primary amides is 1. The van der Waals surface area contributed by atoms with Crippen molar-refractivity contribution in [3.8, 4) is 0 Å². The molecule has 1 fully saturated rings. The van der Waals surface area contributed by atoms with Crippen molar-refractivity contribution >= 4 is 51.4 Å². The molecule has 1 unspecified atom stereocenters. The number of carbonyl (C=O) groups excluding carboxylic acids is 2. The van der Waals surface area contributed by atoms with E-state index in [1.807, 2.05) is 6.92 Å². The second-order valence-corrected chi connectivity index (χ2v) is 9.52. The molecule has 3 N–H and O–H groups in total. The lowest BCUT2D eigenvalue weighted by Crippen LogP contribution is -2.28. The third-order valence-corrected chi connectivity index (χ3v) is 7.62. The lowest BCUT2D eigenvalue weighted by molar-refractivity contribution is -0.160. The zero-order chi connectivity index (χ0) is 20.5. The van der Waals surface area contributed by atoms with Gasteiger partial charge in [-0.1, -0.05) is 30.0 Å². The molecule has 0 spiro atoms. The molecule has 7 nitrogen and oxygen atoms in total. The lowest BCUT2D eigenvalue weighted by atomic mass is 10.1. The number of hydrogen-bond acceptors (Lipinski definition) is 8. The van der Waals surface area contributed by atoms with Gasteiger partial charge in [0.05, 0.1) is 17.4 Å². The second kappa shape index (κ2) is 7.95. The molecule has 2 heterocycles. The van der Waals surface area contributed by atoms with Crippen LogP contribution < -0.4 is 11.1 Å². The standard InChI is InChI=1S/C15H16F3N5O2S3/c1-2-8(10(19)25)27-13-20-7(6-26-13)5-9(24)21-12-23-22-11(28-12)14(3-4-14)15(16,17)18/h6,8H,2-5H2,1H3,(H2,19,25)(H,21,23,24). The van der Waals surface area contributed by atoms with Crippen molar-refractivity contribution in [2.24, 2.45) is 5.73 Å². The molecule has 0 radical (unpaired) electrons. The van der Waals surface area contributed by atoms with E-state index in [0.717, 1.165) is 11.3 Å². The number of nitrogens with two attached hydrogens (primary N) is 1. The minimum atomic E-state index is -4.37. The van der Waals surface area contributed by atoms with E-state index >= 15 is 0 Å². The number of rotatable bonds is 8. The van der Waals surface area contributed by atoms with E-state index in [9.17, 15) is 22.8 Å². The van der Waals surface area contributed by atoms with Crippen LogP contribution in [0.2, 0.25) is 0 Å². The van der Waals surface area contributed by atoms with Gasteiger partial charge in [-0.05, 0) is 19.3 Å². The molecule has 1 aliphatic carbocycles. The van der Waals surface area contributed by atoms with Crippen LogP contribution in [0.3, 0.4) is 0 Å². The molecule has 3 rings (SSSR count). The van der Waals surface area contributed by atoms with Crippen LogP contribution in [-0.2, 0) is 21.4 Å². The van der Waals surface area contributed by atoms with Gasteiger partial charge < -0.3 is 11.1 Å². The summed E-state index contributed by atoms with van der Waals surface area (Å²) in [6.45, 7) is 1.84. The highest BCUT2D eigenvalue weighted by Gasteiger charge is 2.66. The molecule has 1 atom stereocenters. The maximum atomic E-state index is 13.1. The molecule has 13 heteroatoms. The molecule has 2 amide bonds. The summed E-state index contributed by atoms with van der Waals surface area (Å²) < 4.78 is 40.0. The Balaban J connectivity index is 1.58. The van der Waals surface area contributed by atoms with Gasteiger partial charge in [0.15, 0.2) is 4.34 Å². The van der Waals surface area contributed by atoms with E-state index in [-0.39, 0.29) is 29.4 Å². The normalized spacial score (nSPS) is 16.6. The molecule has 0 aromatic carbocycles. The van der Waals surface area contributed by atoms with Crippen LogP contribution in [0.1, 0.15) is 36.9 Å². The average molecular weight is 452 g/mol. The third kappa shape index (κ3) is 4.46. The van der Waals surface area contributed by atoms with E-state index in [1.54, 1.807) is 5.38 Å². The zero-order valence-electron chi connectivity index (χ0n) is 14.6. The largest absolute Gasteiger partial charge is 0.400 e. The molecule has 1 saturated carbocycles. The smallest absolute Gasteiger partial charge is 0.369 e. The van der Waals surface area contributed by atoms with Gasteiger partial charge in [-0.25, -0.2) is 4.98 Å². The van der Waals surface area contributed by atoms with Crippen LogP contribution in [0, 0.1) is 0 Å². The topological polar surface area (TPSA) is 111 Å². The van der Waals surface area contributed by atoms with Gasteiger partial charge in [-0.3, -0.25) is 9.59 Å². The Morgan fingerprint density at radius 2 is 2.11 bits per heavy atom. The Morgan fingerprint density at radius 3 is 2.68 bits per heavy atom. The number of aromatic nitrogens is 3. The van der Waals surface area contributed by atoms with E-state index in [1.165, 1.54) is 23.1 Å². The van der Waals surface area contributed by atoms with Crippen LogP contribution in [0.4, 0.5) is 18.3 Å². The molecular formula is C15H16F3N5O2S3. The zero-order valence-corrected chi connectivity index (χ0v) is 17.0. The SMILES string of the molecule is CCC(Sc1nc(CC(=O)Nc2nnc(C3(C(F)(F)F)CC3)s2)cs1)C(N)=O. The van der Waals surface area contributed by atoms with Gasteiger partial charge in [0, 0.05) is 5.38 Å². The molecule has 28 heavy (non-hydrogen) atoms. The lowest BCUT2D eigenvalue weighted by Gasteiger charge is -2.15. The first-order valence-electron chi connectivity index (χ1n) is 8.25. The summed E-state index contributed by atoms with van der Waals surface area (Å²) in [5, 5.41) is 10.9. The van der Waals surface area contributed by atoms with Crippen LogP contribution in [0.15, 0.2) is 9.72 Å². The summed E-state index contributed by atoms with van der Waals surface area (Å²) >= 11 is 3.27. The highest BCUT2D eigenvalue weighted by atomic mass is 32.2. The number of amides is 2. The molecule has 1 aliphatic rings. The van der Waals surface area contributed by atoms with Crippen molar-refractivity contribution < 1.29 is 22.8 Å². The highest BCUT2D eigenvalue weighted by Crippen LogP contribution is 2.59. The van der Waals surface area contributed by atoms with Gasteiger partial charge in [0.2, 0.25) is 16.9 Å². The van der Waals surface area contributed by atoms with E-state index in [4.69, 9.17) is 5.73 Å². The Hall–Kier alpha value is -1.73. The summed E-state index contributed by atoms with van der Waals surface area (Å²) in [7, 11) is 0. The number of nitrogens with zero attached hydrogens (tertiary/aromatic N) is 3. The molecule has 152 valence electrons. The van der Waals surface area contributed by atoms with E-state index < -0.39 is 28.7 Å². The molecule has 0 bridgehead atoms. The highest BCUT2D eigenvalue weighted by molar-refractivity contribution is 8.02. The van der Waals surface area contributed by atoms with Gasteiger partial charge in [0.1, 0.15) is 10.4 Å². The summed E-state index contributed by atoms with van der Waals surface area (Å²) in [4.78, 5) is 27.7. The summed E-state index contributed by atoms with van der Waals surface area (Å²) in [5.41, 5.74) is 3.88. The number of nitrogens with one attached hydrogen (secondary N) is 1. The van der Waals surface area contributed by atoms with Gasteiger partial charge in [0.25, 0.3) is 0 Å². The van der Waals surface area contributed by atoms with Gasteiger partial charge >= 0.3 is 6.18 Å². The van der Waals surface area contributed by atoms with Crippen molar-refractivity contribution in [2.45, 2.75) is 53.8 Å². The first kappa shape index (κ1) is 21.0. The fourth-order valence-electron chi connectivity index (χ4n) is 2.43. The summed E-state index contributed by atoms with van der Waals surface area (Å²) in [5.74, 6) is -0.885. The molecule has 0 saturated heterocycles. The quantitative estimate of drug-likeness (QED) is 0.597. The van der Waals surface area contributed by atoms with Crippen molar-refractivity contribution in [1.82, 2.24) is 15.2 Å². The molecule has 2 aromatic heterocycles. The van der Waals surface area contributed by atoms with Crippen LogP contribution in [0.25, 0.3) is 0 Å². The maximum absolute atomic E-state index is 13.1. The molecular weight excluding hydrogens is 435 g/mol. The van der Waals surface area contributed by atoms with Gasteiger partial charge in [-0.2, -0.15) is 13.2 Å². The average Bonchev–Trinajstić information content (AvgIpc) is 3.12. The number of alkyl halides is 3. The van der Waals surface area contributed by atoms with Crippen molar-refractivity contribution in [2.75, 3.05) is 5.32 Å². The minimum absolute atomic E-state index is 0.0115. The van der Waals surface area contributed by atoms with Gasteiger partial charge in [-0.15, -0.1) is 21.5 Å². The summed E-state index contributed by atoms with van der Waals surface area (Å²) in [6.07, 6.45) is -3.90. The van der Waals surface area contributed by atoms with Crippen molar-refractivity contribution in [3.05, 3.63) is 16.1 Å². The number of thioether (sulfide) groups is 1. The number of anilines is 1. The second-order valence-electron chi connectivity index (χ2n) is 6.24. The monoisotopic (exact) mass is 451 g/mol. The predicted molar refractivity (Wildman–Crippen MR) is 100 cm³/mol. The van der Waals surface area contributed by atoms with Crippen LogP contribution >= 0.6 is 34.4 Å². The van der Waals surface area contributed by atoms with Crippen LogP contribution in [-0.4, -0.2) is 38.4 Å². The third-order valence-electron chi connectivity index (χ3n) is 4.18. The number of carbonyl (C=O) groups is 2. The van der Waals surface area contributed by atoms with Crippen LogP contribution in [0.5, 0.6) is 0 Å². The van der Waals surface area contributed by atoms with E-state index in [2.05, 4.69) is 20.5 Å². The molecule has 0 aliphatic heterocycles. The Morgan fingerprint density at radius 1 is 1.39 bits per heavy atom.